The topological polar surface area (TPSA) is 67.5 Å². The summed E-state index contributed by atoms with van der Waals surface area (Å²) in [5.41, 5.74) is 1.63. The molecule has 1 aliphatic heterocycles. The SMILES string of the molecule is CCOC(=O)[C@]1(Cc2cccc(OC)c2)CCCN(Cc2ccn[nH]2)C1. The van der Waals surface area contributed by atoms with E-state index in [-0.39, 0.29) is 5.97 Å². The summed E-state index contributed by atoms with van der Waals surface area (Å²) in [7, 11) is 1.66. The van der Waals surface area contributed by atoms with Gasteiger partial charge in [0.1, 0.15) is 5.75 Å². The lowest BCUT2D eigenvalue weighted by Crippen LogP contribution is -2.49. The zero-order chi connectivity index (χ0) is 18.4. The first-order valence-corrected chi connectivity index (χ1v) is 9.16. The van der Waals surface area contributed by atoms with Crippen LogP contribution in [0.4, 0.5) is 0 Å². The van der Waals surface area contributed by atoms with Crippen LogP contribution in [0.1, 0.15) is 31.0 Å². The number of hydrogen-bond donors (Lipinski definition) is 1. The van der Waals surface area contributed by atoms with Crippen molar-refractivity contribution in [2.24, 2.45) is 5.41 Å². The van der Waals surface area contributed by atoms with E-state index in [0.717, 1.165) is 42.9 Å². The average molecular weight is 357 g/mol. The van der Waals surface area contributed by atoms with Gasteiger partial charge in [-0.3, -0.25) is 14.8 Å². The Bertz CT molecular complexity index is 717. The maximum absolute atomic E-state index is 12.9. The monoisotopic (exact) mass is 357 g/mol. The molecule has 0 aliphatic carbocycles. The number of hydrogen-bond acceptors (Lipinski definition) is 5. The number of aromatic amines is 1. The van der Waals surface area contributed by atoms with Crippen molar-refractivity contribution < 1.29 is 14.3 Å². The van der Waals surface area contributed by atoms with E-state index < -0.39 is 5.41 Å². The van der Waals surface area contributed by atoms with Crippen LogP contribution in [-0.4, -0.2) is 47.9 Å². The molecule has 0 radical (unpaired) electrons. The lowest BCUT2D eigenvalue weighted by molar-refractivity contribution is -0.159. The molecule has 1 saturated heterocycles. The largest absolute Gasteiger partial charge is 0.497 e. The van der Waals surface area contributed by atoms with Gasteiger partial charge in [0.2, 0.25) is 0 Å². The molecule has 2 aromatic rings. The summed E-state index contributed by atoms with van der Waals surface area (Å²) in [6, 6.07) is 9.93. The summed E-state index contributed by atoms with van der Waals surface area (Å²) in [4.78, 5) is 15.2. The molecule has 1 aromatic heterocycles. The number of rotatable bonds is 7. The number of esters is 1. The molecule has 1 atom stereocenters. The zero-order valence-electron chi connectivity index (χ0n) is 15.5. The van der Waals surface area contributed by atoms with Crippen LogP contribution in [0.2, 0.25) is 0 Å². The van der Waals surface area contributed by atoms with Gasteiger partial charge in [0, 0.05) is 25.0 Å². The van der Waals surface area contributed by atoms with Crippen molar-refractivity contribution >= 4 is 5.97 Å². The number of likely N-dealkylation sites (tertiary alicyclic amines) is 1. The lowest BCUT2D eigenvalue weighted by atomic mass is 9.75. The van der Waals surface area contributed by atoms with E-state index in [1.54, 1.807) is 13.3 Å². The highest BCUT2D eigenvalue weighted by Gasteiger charge is 2.43. The minimum atomic E-state index is -0.527. The van der Waals surface area contributed by atoms with Crippen LogP contribution >= 0.6 is 0 Å². The molecular weight excluding hydrogens is 330 g/mol. The molecule has 1 N–H and O–H groups in total. The minimum absolute atomic E-state index is 0.0999. The van der Waals surface area contributed by atoms with Gasteiger partial charge in [-0.05, 0) is 56.5 Å². The molecule has 26 heavy (non-hydrogen) atoms. The van der Waals surface area contributed by atoms with Crippen LogP contribution in [-0.2, 0) is 22.5 Å². The number of piperidine rings is 1. The first-order valence-electron chi connectivity index (χ1n) is 9.16. The van der Waals surface area contributed by atoms with E-state index in [1.807, 2.05) is 31.2 Å². The number of methoxy groups -OCH3 is 1. The summed E-state index contributed by atoms with van der Waals surface area (Å²) >= 11 is 0. The van der Waals surface area contributed by atoms with Crippen molar-refractivity contribution in [3.63, 3.8) is 0 Å². The van der Waals surface area contributed by atoms with Gasteiger partial charge >= 0.3 is 5.97 Å². The first-order chi connectivity index (χ1) is 12.6. The Morgan fingerprint density at radius 2 is 2.27 bits per heavy atom. The molecule has 1 aliphatic rings. The standard InChI is InChI=1S/C20H27N3O3/c1-3-26-19(24)20(13-16-6-4-7-18(12-16)25-2)9-5-11-23(15-20)14-17-8-10-21-22-17/h4,6-8,10,12H,3,5,9,11,13-15H2,1-2H3,(H,21,22)/t20-/m0/s1. The number of ether oxygens (including phenoxy) is 2. The number of benzene rings is 1. The maximum atomic E-state index is 12.9. The molecule has 0 spiro atoms. The number of H-pyrrole nitrogens is 1. The Hall–Kier alpha value is -2.34. The van der Waals surface area contributed by atoms with Gasteiger partial charge in [0.25, 0.3) is 0 Å². The molecule has 140 valence electrons. The number of nitrogens with one attached hydrogen (secondary N) is 1. The third kappa shape index (κ3) is 4.25. The highest BCUT2D eigenvalue weighted by molar-refractivity contribution is 5.78. The van der Waals surface area contributed by atoms with E-state index in [9.17, 15) is 4.79 Å². The van der Waals surface area contributed by atoms with E-state index in [0.29, 0.717) is 19.6 Å². The van der Waals surface area contributed by atoms with E-state index in [4.69, 9.17) is 9.47 Å². The smallest absolute Gasteiger partial charge is 0.313 e. The zero-order valence-corrected chi connectivity index (χ0v) is 15.5. The van der Waals surface area contributed by atoms with E-state index in [1.165, 1.54) is 0 Å². The number of carbonyl (C=O) groups is 1. The third-order valence-electron chi connectivity index (χ3n) is 4.99. The molecule has 3 rings (SSSR count). The first kappa shape index (κ1) is 18.5. The quantitative estimate of drug-likeness (QED) is 0.772. The fourth-order valence-electron chi connectivity index (χ4n) is 3.82. The van der Waals surface area contributed by atoms with Crippen molar-refractivity contribution in [2.75, 3.05) is 26.8 Å². The second kappa shape index (κ2) is 8.36. The molecule has 1 aromatic carbocycles. The van der Waals surface area contributed by atoms with Gasteiger partial charge in [0.05, 0.1) is 19.1 Å². The summed E-state index contributed by atoms with van der Waals surface area (Å²) in [5.74, 6) is 0.712. The molecular formula is C20H27N3O3. The van der Waals surface area contributed by atoms with Crippen LogP contribution in [0.3, 0.4) is 0 Å². The van der Waals surface area contributed by atoms with Crippen molar-refractivity contribution in [1.29, 1.82) is 0 Å². The third-order valence-corrected chi connectivity index (χ3v) is 4.99. The van der Waals surface area contributed by atoms with Crippen LogP contribution in [0.5, 0.6) is 5.75 Å². The minimum Gasteiger partial charge on any atom is -0.497 e. The predicted octanol–water partition coefficient (Wildman–Crippen LogP) is 2.81. The van der Waals surface area contributed by atoms with E-state index in [2.05, 4.69) is 21.2 Å². The van der Waals surface area contributed by atoms with Gasteiger partial charge in [0.15, 0.2) is 0 Å². The predicted molar refractivity (Wildman–Crippen MR) is 98.9 cm³/mol. The fourth-order valence-corrected chi connectivity index (χ4v) is 3.82. The molecule has 0 bridgehead atoms. The van der Waals surface area contributed by atoms with Gasteiger partial charge in [-0.1, -0.05) is 12.1 Å². The molecule has 2 heterocycles. The summed E-state index contributed by atoms with van der Waals surface area (Å²) in [5, 5.41) is 7.02. The Morgan fingerprint density at radius 1 is 1.38 bits per heavy atom. The highest BCUT2D eigenvalue weighted by Crippen LogP contribution is 2.36. The van der Waals surface area contributed by atoms with Crippen LogP contribution in [0.25, 0.3) is 0 Å². The fraction of sp³-hybridized carbons (Fsp3) is 0.500. The molecule has 6 heteroatoms. The van der Waals surface area contributed by atoms with Gasteiger partial charge < -0.3 is 9.47 Å². The maximum Gasteiger partial charge on any atom is 0.313 e. The number of nitrogens with zero attached hydrogens (tertiary/aromatic N) is 2. The highest BCUT2D eigenvalue weighted by atomic mass is 16.5. The average Bonchev–Trinajstić information content (AvgIpc) is 3.15. The van der Waals surface area contributed by atoms with Crippen LogP contribution in [0.15, 0.2) is 36.5 Å². The number of carbonyl (C=O) groups excluding carboxylic acids is 1. The van der Waals surface area contributed by atoms with Gasteiger partial charge in [-0.15, -0.1) is 0 Å². The van der Waals surface area contributed by atoms with Gasteiger partial charge in [-0.25, -0.2) is 0 Å². The second-order valence-electron chi connectivity index (χ2n) is 6.93. The normalized spacial score (nSPS) is 20.7. The molecule has 6 nitrogen and oxygen atoms in total. The van der Waals surface area contributed by atoms with E-state index >= 15 is 0 Å². The van der Waals surface area contributed by atoms with Crippen molar-refractivity contribution in [3.8, 4) is 5.75 Å². The van der Waals surface area contributed by atoms with Crippen molar-refractivity contribution in [2.45, 2.75) is 32.7 Å². The molecule has 0 unspecified atom stereocenters. The van der Waals surface area contributed by atoms with Crippen molar-refractivity contribution in [1.82, 2.24) is 15.1 Å². The van der Waals surface area contributed by atoms with Gasteiger partial charge in [-0.2, -0.15) is 5.10 Å². The van der Waals surface area contributed by atoms with Crippen LogP contribution in [0, 0.1) is 5.41 Å². The Balaban J connectivity index is 1.81. The second-order valence-corrected chi connectivity index (χ2v) is 6.93. The van der Waals surface area contributed by atoms with Crippen molar-refractivity contribution in [3.05, 3.63) is 47.8 Å². The number of aromatic nitrogens is 2. The summed E-state index contributed by atoms with van der Waals surface area (Å²) in [6.07, 6.45) is 4.22. The Kier molecular flexibility index (Phi) is 5.93. The Morgan fingerprint density at radius 3 is 3.00 bits per heavy atom. The molecule has 1 fully saturated rings. The molecule has 0 saturated carbocycles. The lowest BCUT2D eigenvalue weighted by Gasteiger charge is -2.41. The van der Waals surface area contributed by atoms with Crippen LogP contribution < -0.4 is 4.74 Å². The Labute approximate surface area is 154 Å². The summed E-state index contributed by atoms with van der Waals surface area (Å²) in [6.45, 7) is 4.68. The molecule has 0 amide bonds. The summed E-state index contributed by atoms with van der Waals surface area (Å²) < 4.78 is 10.8.